The summed E-state index contributed by atoms with van der Waals surface area (Å²) in [5, 5.41) is 0. The summed E-state index contributed by atoms with van der Waals surface area (Å²) in [6, 6.07) is 30.3. The molecule has 0 saturated carbocycles. The van der Waals surface area contributed by atoms with E-state index in [1.165, 1.54) is 18.1 Å². The van der Waals surface area contributed by atoms with Crippen LogP contribution in [0.2, 0.25) is 0 Å². The Morgan fingerprint density at radius 3 is 0.821 bits per heavy atom. The number of allylic oxidation sites excluding steroid dienone is 12. The Kier molecular flexibility index (Phi) is 54.6. The summed E-state index contributed by atoms with van der Waals surface area (Å²) in [4.78, 5) is 144. The summed E-state index contributed by atoms with van der Waals surface area (Å²) in [5.74, 6) is -6.14. The summed E-state index contributed by atoms with van der Waals surface area (Å²) in [5.41, 5.74) is 18.1. The van der Waals surface area contributed by atoms with Gasteiger partial charge in [-0.05, 0) is 388 Å². The normalized spacial score (nSPS) is 13.5. The van der Waals surface area contributed by atoms with Crippen molar-refractivity contribution in [3.05, 3.63) is 233 Å². The number of benzene rings is 4. The van der Waals surface area contributed by atoms with Crippen molar-refractivity contribution in [1.29, 1.82) is 0 Å². The maximum Gasteiger partial charge on any atom is 0.490 e. The molecule has 0 bridgehead atoms. The topological polar surface area (TPSA) is 279 Å². The molecule has 0 aliphatic rings. The number of rotatable bonds is 46. The Morgan fingerprint density at radius 2 is 0.567 bits per heavy atom. The van der Waals surface area contributed by atoms with Crippen molar-refractivity contribution in [1.82, 2.24) is 0 Å². The number of ketones is 4. The third-order valence-corrected chi connectivity index (χ3v) is 24.6. The standard InChI is InChI=1S/C35H44O5.C34H42O5.C21H31F3O5.C21H34O5/c1-10-28(30-16-20-31(21-17-30)39-34(37)23(4)5)13-11-12-24(6)29-14-18-32(19-15-29)40-35(38)33(36)27(9)26(8)25(7)22(2)3;1-9-27(29-16-20-30(21-17-29)38-32(35)10-2)13-11-12-23(5)28-14-18-31(19-15-28)39-34(37)33(36)26(8)25(7)24(6)22(3)4;1-8-17(29-20(27)21(22,23)24)11-9-10-13(4)28-19(26)18(25)16(7)15(6)14(5)12(2)3;1-9-19(26-18(8)22)12-10-11-14(4)25-21(24)20(23)17(7)16(6)15(5)13(2)3/h14-21,24,28H,4,10-13H2,1-3,5-9H3;10,14-21,23,27H,2,9,11-13H2,1,3-8H3;13,17H,8-11H2,1-7H3;14,19H,9-12H2,1-8H3/b27-26+;26-25+;16-15+;17-16+. The van der Waals surface area contributed by atoms with E-state index in [0.717, 1.165) is 148 Å². The fourth-order valence-corrected chi connectivity index (χ4v) is 13.8. The zero-order chi connectivity index (χ0) is 102. The lowest BCUT2D eigenvalue weighted by Crippen LogP contribution is -2.30. The van der Waals surface area contributed by atoms with Gasteiger partial charge in [-0.2, -0.15) is 13.2 Å². The number of alkyl halides is 3. The molecule has 0 radical (unpaired) electrons. The molecule has 0 saturated heterocycles. The smallest absolute Gasteiger partial charge is 0.463 e. The molecule has 0 spiro atoms. The van der Waals surface area contributed by atoms with E-state index in [-0.39, 0.29) is 31.0 Å². The SMILES string of the molecule is C=C(C)C(=O)Oc1ccc(C(CC)CCCC(C)c2ccc(OC(=O)C(=O)/C(C)=C(\C)C(C)=C(C)C)cc2)cc1.C=CC(=O)Oc1ccc(C(CC)CCCC(C)c2ccc(OC(=O)C(=O)/C(C)=C(\C)C(C)=C(C)C)cc2)cc1.CCC(CCCC(C)OC(=O)C(=O)/C(C)=C(\C)C(C)=C(C)C)OC(=O)C(F)(F)F.CCC(CCCC(C)OC(=O)C(=O)/C(C)=C(\C)C(C)=C(C)C)OC(C)=O. The molecule has 4 aromatic rings. The second kappa shape index (κ2) is 60.7. The van der Waals surface area contributed by atoms with E-state index in [4.69, 9.17) is 33.2 Å². The Bertz CT molecular complexity index is 4960. The predicted octanol–water partition coefficient (Wildman–Crippen LogP) is 27.1. The van der Waals surface area contributed by atoms with Gasteiger partial charge < -0.3 is 37.9 Å². The molecule has 23 heteroatoms. The van der Waals surface area contributed by atoms with Crippen LogP contribution in [0.25, 0.3) is 0 Å². The van der Waals surface area contributed by atoms with Crippen molar-refractivity contribution in [3.63, 3.8) is 0 Å². The molecule has 736 valence electrons. The van der Waals surface area contributed by atoms with Gasteiger partial charge in [-0.25, -0.2) is 33.6 Å². The van der Waals surface area contributed by atoms with Gasteiger partial charge in [0.05, 0.1) is 12.2 Å². The van der Waals surface area contributed by atoms with Crippen molar-refractivity contribution in [2.75, 3.05) is 0 Å². The van der Waals surface area contributed by atoms with Crippen molar-refractivity contribution in [2.45, 2.75) is 365 Å². The van der Waals surface area contributed by atoms with Gasteiger partial charge in [-0.1, -0.05) is 138 Å². The first-order valence-corrected chi connectivity index (χ1v) is 46.4. The lowest BCUT2D eigenvalue weighted by molar-refractivity contribution is -0.205. The molecule has 4 aromatic carbocycles. The number of carbonyl (C=O) groups excluding carboxylic acids is 12. The van der Waals surface area contributed by atoms with Gasteiger partial charge in [0.25, 0.3) is 23.1 Å². The summed E-state index contributed by atoms with van der Waals surface area (Å²) in [7, 11) is 0. The van der Waals surface area contributed by atoms with E-state index in [2.05, 4.69) is 45.6 Å². The highest BCUT2D eigenvalue weighted by Crippen LogP contribution is 2.35. The van der Waals surface area contributed by atoms with E-state index in [1.807, 2.05) is 184 Å². The Hall–Kier alpha value is -11.5. The third kappa shape index (κ3) is 42.8. The van der Waals surface area contributed by atoms with Crippen LogP contribution >= 0.6 is 0 Å². The van der Waals surface area contributed by atoms with Crippen molar-refractivity contribution < 1.29 is 109 Å². The van der Waals surface area contributed by atoms with Crippen molar-refractivity contribution in [3.8, 4) is 23.0 Å². The summed E-state index contributed by atoms with van der Waals surface area (Å²) in [6.07, 6.45) is 6.50. The number of Topliss-reactive ketones (excluding diaryl/α,β-unsaturated/α-hetero) is 4. The van der Waals surface area contributed by atoms with Crippen LogP contribution < -0.4 is 18.9 Å². The fourth-order valence-electron chi connectivity index (χ4n) is 13.8. The number of hydrogen-bond acceptors (Lipinski definition) is 20. The Labute approximate surface area is 796 Å². The van der Waals surface area contributed by atoms with Gasteiger partial charge in [0.2, 0.25) is 0 Å². The molecule has 0 N–H and O–H groups in total. The molecular weight excluding hydrogens is 1710 g/mol. The minimum Gasteiger partial charge on any atom is -0.463 e. The largest absolute Gasteiger partial charge is 0.490 e. The highest BCUT2D eigenvalue weighted by molar-refractivity contribution is 6.42. The molecule has 0 heterocycles. The Balaban J connectivity index is 0.000000908. The zero-order valence-electron chi connectivity index (χ0n) is 85.5. The first-order valence-electron chi connectivity index (χ1n) is 46.4. The lowest BCUT2D eigenvalue weighted by Gasteiger charge is -2.18. The van der Waals surface area contributed by atoms with Crippen LogP contribution in [0.4, 0.5) is 13.2 Å². The molecule has 8 unspecified atom stereocenters. The molecule has 4 rings (SSSR count). The Morgan fingerprint density at radius 1 is 0.306 bits per heavy atom. The van der Waals surface area contributed by atoms with Crippen LogP contribution in [0, 0.1) is 0 Å². The van der Waals surface area contributed by atoms with Crippen LogP contribution in [0.15, 0.2) is 211 Å². The average Bonchev–Trinajstić information content (AvgIpc) is 0.858. The van der Waals surface area contributed by atoms with Crippen LogP contribution in [-0.4, -0.2) is 101 Å². The number of hydrogen-bond donors (Lipinski definition) is 0. The lowest BCUT2D eigenvalue weighted by atomic mass is 9.88. The predicted molar refractivity (Wildman–Crippen MR) is 525 cm³/mol. The molecule has 0 aliphatic carbocycles. The number of esters is 8. The van der Waals surface area contributed by atoms with E-state index < -0.39 is 83.3 Å². The first kappa shape index (κ1) is 121. The van der Waals surface area contributed by atoms with Gasteiger partial charge in [0, 0.05) is 40.9 Å². The maximum atomic E-state index is 12.6. The number of ether oxygens (including phenoxy) is 8. The van der Waals surface area contributed by atoms with Gasteiger partial charge in [0.15, 0.2) is 0 Å². The van der Waals surface area contributed by atoms with E-state index in [9.17, 15) is 70.7 Å². The van der Waals surface area contributed by atoms with E-state index in [0.29, 0.717) is 100 Å². The average molecular weight is 1860 g/mol. The van der Waals surface area contributed by atoms with E-state index >= 15 is 0 Å². The molecule has 8 atom stereocenters. The first-order chi connectivity index (χ1) is 62.5. The zero-order valence-corrected chi connectivity index (χ0v) is 85.5. The molecule has 0 amide bonds. The fraction of sp³-hybridized carbons (Fsp3) is 0.495. The highest BCUT2D eigenvalue weighted by atomic mass is 19.4. The van der Waals surface area contributed by atoms with Crippen LogP contribution in [0.5, 0.6) is 23.0 Å². The van der Waals surface area contributed by atoms with Crippen LogP contribution in [-0.2, 0) is 76.5 Å². The summed E-state index contributed by atoms with van der Waals surface area (Å²) in [6.45, 7) is 63.0. The monoisotopic (exact) mass is 1860 g/mol. The maximum absolute atomic E-state index is 12.6. The van der Waals surface area contributed by atoms with E-state index in [1.54, 1.807) is 86.6 Å². The van der Waals surface area contributed by atoms with Gasteiger partial charge >= 0.3 is 53.9 Å². The van der Waals surface area contributed by atoms with Crippen LogP contribution in [0.1, 0.15) is 356 Å². The molecule has 0 aromatic heterocycles. The number of carbonyl (C=O) groups is 12. The molecule has 0 fully saturated rings. The van der Waals surface area contributed by atoms with Gasteiger partial charge in [-0.3, -0.25) is 24.0 Å². The molecular formula is C111H151F3O20. The summed E-state index contributed by atoms with van der Waals surface area (Å²) < 4.78 is 78.0. The molecule has 134 heavy (non-hydrogen) atoms. The quantitative estimate of drug-likeness (QED) is 0.00992. The highest BCUT2D eigenvalue weighted by Gasteiger charge is 2.42. The van der Waals surface area contributed by atoms with Gasteiger partial charge in [-0.15, -0.1) is 0 Å². The second-order valence-electron chi connectivity index (χ2n) is 35.4. The van der Waals surface area contributed by atoms with Crippen LogP contribution in [0.3, 0.4) is 0 Å². The molecule has 0 aliphatic heterocycles. The summed E-state index contributed by atoms with van der Waals surface area (Å²) >= 11 is 0. The minimum absolute atomic E-state index is 0.114. The van der Waals surface area contributed by atoms with Crippen molar-refractivity contribution >= 4 is 70.9 Å². The minimum atomic E-state index is -5.02. The number of halogens is 3. The van der Waals surface area contributed by atoms with Crippen molar-refractivity contribution in [2.24, 2.45) is 0 Å². The third-order valence-electron chi connectivity index (χ3n) is 24.6. The second-order valence-corrected chi connectivity index (χ2v) is 35.4. The molecule has 20 nitrogen and oxygen atoms in total. The van der Waals surface area contributed by atoms with Gasteiger partial charge in [0.1, 0.15) is 35.2 Å².